The highest BCUT2D eigenvalue weighted by Crippen LogP contribution is 2.33. The van der Waals surface area contributed by atoms with E-state index in [-0.39, 0.29) is 12.1 Å². The van der Waals surface area contributed by atoms with Gasteiger partial charge in [0.05, 0.1) is 28.9 Å². The predicted octanol–water partition coefficient (Wildman–Crippen LogP) is 3.99. The van der Waals surface area contributed by atoms with Crippen molar-refractivity contribution < 1.29 is 9.53 Å². The highest BCUT2D eigenvalue weighted by molar-refractivity contribution is 14.1. The van der Waals surface area contributed by atoms with Crippen molar-refractivity contribution in [1.82, 2.24) is 3.11 Å². The number of hydrogen-bond acceptors (Lipinski definition) is 4. The van der Waals surface area contributed by atoms with Crippen molar-refractivity contribution in [2.75, 3.05) is 11.5 Å². The van der Waals surface area contributed by atoms with Gasteiger partial charge in [-0.1, -0.05) is 39.8 Å². The highest BCUT2D eigenvalue weighted by atomic mass is 127. The van der Waals surface area contributed by atoms with E-state index in [4.69, 9.17) is 4.74 Å². The third-order valence-corrected chi connectivity index (χ3v) is 6.00. The van der Waals surface area contributed by atoms with E-state index in [0.717, 1.165) is 17.9 Å². The quantitative estimate of drug-likeness (QED) is 0.440. The molecule has 2 rings (SSSR count). The Bertz CT molecular complexity index is 371. The lowest BCUT2D eigenvalue weighted by Crippen LogP contribution is -2.37. The Hall–Kier alpha value is -0.0800. The molecule has 0 aromatic heterocycles. The Morgan fingerprint density at radius 3 is 2.76 bits per heavy atom. The van der Waals surface area contributed by atoms with Crippen LogP contribution in [-0.4, -0.2) is 26.8 Å². The summed E-state index contributed by atoms with van der Waals surface area (Å²) in [6.45, 7) is 0. The molecule has 1 atom stereocenters. The van der Waals surface area contributed by atoms with Crippen LogP contribution in [0.2, 0.25) is 0 Å². The lowest BCUT2D eigenvalue weighted by Gasteiger charge is -2.27. The summed E-state index contributed by atoms with van der Waals surface area (Å²) < 4.78 is 6.97. The fourth-order valence-electron chi connectivity index (χ4n) is 1.41. The van der Waals surface area contributed by atoms with E-state index in [0.29, 0.717) is 5.75 Å². The van der Waals surface area contributed by atoms with E-state index in [1.54, 1.807) is 15.2 Å². The second-order valence-electron chi connectivity index (χ2n) is 3.54. The van der Waals surface area contributed by atoms with Crippen LogP contribution < -0.4 is 4.74 Å². The zero-order valence-corrected chi connectivity index (χ0v) is 12.8. The standard InChI is InChI=1S/C11H12INO2S2/c12-13(9-6-7-16-17-8-9)11(14)15-10-4-2-1-3-5-10/h1-5,9H,6-8H2. The van der Waals surface area contributed by atoms with E-state index < -0.39 is 0 Å². The molecule has 1 saturated heterocycles. The molecule has 1 aromatic rings. The molecule has 0 N–H and O–H groups in total. The van der Waals surface area contributed by atoms with E-state index in [2.05, 4.69) is 0 Å². The Kier molecular flexibility index (Phi) is 5.30. The number of halogens is 1. The van der Waals surface area contributed by atoms with Gasteiger partial charge in [0.15, 0.2) is 0 Å². The van der Waals surface area contributed by atoms with Gasteiger partial charge in [0.25, 0.3) is 0 Å². The van der Waals surface area contributed by atoms with Crippen molar-refractivity contribution >= 4 is 50.5 Å². The first-order valence-corrected chi connectivity index (χ1v) is 8.69. The molecule has 1 aromatic carbocycles. The first-order chi connectivity index (χ1) is 8.27. The molecule has 1 amide bonds. The van der Waals surface area contributed by atoms with Gasteiger partial charge < -0.3 is 4.74 Å². The number of para-hydroxylation sites is 1. The summed E-state index contributed by atoms with van der Waals surface area (Å²) in [5.74, 6) is 2.65. The highest BCUT2D eigenvalue weighted by Gasteiger charge is 2.25. The van der Waals surface area contributed by atoms with Gasteiger partial charge in [-0.2, -0.15) is 0 Å². The number of hydrogen-bond donors (Lipinski definition) is 0. The molecule has 1 unspecified atom stereocenters. The van der Waals surface area contributed by atoms with Crippen LogP contribution in [0, 0.1) is 0 Å². The largest absolute Gasteiger partial charge is 0.424 e. The summed E-state index contributed by atoms with van der Waals surface area (Å²) in [5, 5.41) is 0. The predicted molar refractivity (Wildman–Crippen MR) is 81.6 cm³/mol. The van der Waals surface area contributed by atoms with Crippen LogP contribution in [0.1, 0.15) is 6.42 Å². The topological polar surface area (TPSA) is 29.5 Å². The average molecular weight is 381 g/mol. The Labute approximate surface area is 123 Å². The van der Waals surface area contributed by atoms with Crippen molar-refractivity contribution in [3.8, 4) is 5.75 Å². The lowest BCUT2D eigenvalue weighted by molar-refractivity contribution is 0.178. The number of carbonyl (C=O) groups is 1. The SMILES string of the molecule is O=C(Oc1ccccc1)N(I)C1CCSSC1. The second kappa shape index (κ2) is 6.75. The minimum Gasteiger partial charge on any atom is -0.410 e. The molecule has 0 spiro atoms. The van der Waals surface area contributed by atoms with Gasteiger partial charge in [-0.05, 0) is 18.6 Å². The molecule has 0 bridgehead atoms. The van der Waals surface area contributed by atoms with Gasteiger partial charge in [-0.3, -0.25) is 0 Å². The van der Waals surface area contributed by atoms with Crippen LogP contribution >= 0.6 is 44.5 Å². The van der Waals surface area contributed by atoms with E-state index in [1.165, 1.54) is 0 Å². The van der Waals surface area contributed by atoms with Crippen molar-refractivity contribution in [3.05, 3.63) is 30.3 Å². The minimum atomic E-state index is -0.283. The smallest absolute Gasteiger partial charge is 0.410 e. The molecule has 1 aliphatic heterocycles. The molecule has 0 radical (unpaired) electrons. The van der Waals surface area contributed by atoms with Gasteiger partial charge in [0.1, 0.15) is 5.75 Å². The van der Waals surface area contributed by atoms with Crippen molar-refractivity contribution in [3.63, 3.8) is 0 Å². The average Bonchev–Trinajstić information content (AvgIpc) is 2.40. The van der Waals surface area contributed by atoms with Crippen LogP contribution in [0.15, 0.2) is 30.3 Å². The molecule has 1 fully saturated rings. The molecule has 0 aliphatic carbocycles. The van der Waals surface area contributed by atoms with Crippen LogP contribution in [0.25, 0.3) is 0 Å². The fourth-order valence-corrected chi connectivity index (χ4v) is 4.71. The first kappa shape index (κ1) is 13.4. The van der Waals surface area contributed by atoms with E-state index in [1.807, 2.05) is 62.7 Å². The van der Waals surface area contributed by atoms with Crippen LogP contribution in [0.5, 0.6) is 5.75 Å². The molecule has 92 valence electrons. The lowest BCUT2D eigenvalue weighted by atomic mass is 10.3. The number of nitrogens with zero attached hydrogens (tertiary/aromatic N) is 1. The number of rotatable bonds is 2. The number of ether oxygens (including phenoxy) is 1. The number of carbonyl (C=O) groups excluding carboxylic acids is 1. The fraction of sp³-hybridized carbons (Fsp3) is 0.364. The molecular formula is C11H12INO2S2. The van der Waals surface area contributed by atoms with Crippen molar-refractivity contribution in [2.24, 2.45) is 0 Å². The van der Waals surface area contributed by atoms with Gasteiger partial charge in [-0.15, -0.1) is 0 Å². The maximum absolute atomic E-state index is 11.9. The number of benzene rings is 1. The summed E-state index contributed by atoms with van der Waals surface area (Å²) in [7, 11) is 3.68. The summed E-state index contributed by atoms with van der Waals surface area (Å²) in [5.41, 5.74) is 0. The Balaban J connectivity index is 1.90. The summed E-state index contributed by atoms with van der Waals surface area (Å²) in [4.78, 5) is 11.9. The first-order valence-electron chi connectivity index (χ1n) is 5.23. The van der Waals surface area contributed by atoms with E-state index >= 15 is 0 Å². The molecular weight excluding hydrogens is 369 g/mol. The summed E-state index contributed by atoms with van der Waals surface area (Å²) >= 11 is 2.05. The van der Waals surface area contributed by atoms with Crippen LogP contribution in [0.3, 0.4) is 0 Å². The Morgan fingerprint density at radius 2 is 2.12 bits per heavy atom. The monoisotopic (exact) mass is 381 g/mol. The molecule has 1 heterocycles. The van der Waals surface area contributed by atoms with E-state index in [9.17, 15) is 4.79 Å². The molecule has 17 heavy (non-hydrogen) atoms. The van der Waals surface area contributed by atoms with Crippen molar-refractivity contribution in [2.45, 2.75) is 12.5 Å². The van der Waals surface area contributed by atoms with Gasteiger partial charge in [-0.25, -0.2) is 7.91 Å². The maximum Gasteiger partial charge on any atom is 0.424 e. The normalized spacial score (nSPS) is 19.7. The molecule has 0 saturated carbocycles. The van der Waals surface area contributed by atoms with Crippen LogP contribution in [-0.2, 0) is 0 Å². The number of amides is 1. The zero-order valence-electron chi connectivity index (χ0n) is 9.04. The second-order valence-corrected chi connectivity index (χ2v) is 7.21. The van der Waals surface area contributed by atoms with Gasteiger partial charge in [0, 0.05) is 11.5 Å². The Morgan fingerprint density at radius 1 is 1.35 bits per heavy atom. The minimum absolute atomic E-state index is 0.276. The summed E-state index contributed by atoms with van der Waals surface area (Å²) in [6.07, 6.45) is 0.749. The third kappa shape index (κ3) is 3.96. The molecule has 6 heteroatoms. The summed E-state index contributed by atoms with van der Waals surface area (Å²) in [6, 6.07) is 9.45. The van der Waals surface area contributed by atoms with Gasteiger partial charge in [0.2, 0.25) is 0 Å². The third-order valence-electron chi connectivity index (χ3n) is 2.32. The molecule has 1 aliphatic rings. The van der Waals surface area contributed by atoms with Crippen LogP contribution in [0.4, 0.5) is 4.79 Å². The zero-order chi connectivity index (χ0) is 12.1. The van der Waals surface area contributed by atoms with Gasteiger partial charge >= 0.3 is 6.09 Å². The van der Waals surface area contributed by atoms with Crippen molar-refractivity contribution in [1.29, 1.82) is 0 Å². The molecule has 3 nitrogen and oxygen atoms in total. The maximum atomic E-state index is 11.9.